The van der Waals surface area contributed by atoms with Gasteiger partial charge in [0.15, 0.2) is 11.6 Å². The minimum Gasteiger partial charge on any atom is -0.489 e. The number of hydrogen-bond acceptors (Lipinski definition) is 11. The van der Waals surface area contributed by atoms with Gasteiger partial charge in [0.2, 0.25) is 5.95 Å². The van der Waals surface area contributed by atoms with E-state index in [2.05, 4.69) is 75.8 Å². The molecule has 0 aliphatic carbocycles. The molecule has 0 saturated heterocycles. The molecule has 11 nitrogen and oxygen atoms in total. The van der Waals surface area contributed by atoms with Crippen LogP contribution in [-0.2, 0) is 9.47 Å². The van der Waals surface area contributed by atoms with Crippen molar-refractivity contribution < 1.29 is 18.9 Å². The lowest BCUT2D eigenvalue weighted by atomic mass is 10.3. The van der Waals surface area contributed by atoms with Gasteiger partial charge in [0, 0.05) is 21.4 Å². The smallest absolute Gasteiger partial charge is 0.222 e. The Kier molecular flexibility index (Phi) is 14.1. The Bertz CT molecular complexity index is 1420. The number of nitrogens with zero attached hydrogens (tertiary/aromatic N) is 4. The molecule has 0 amide bonds. The highest BCUT2D eigenvalue weighted by molar-refractivity contribution is 14.1. The summed E-state index contributed by atoms with van der Waals surface area (Å²) in [5, 5.41) is 7.10. The van der Waals surface area contributed by atoms with Crippen LogP contribution in [0.3, 0.4) is 0 Å². The van der Waals surface area contributed by atoms with Crippen molar-refractivity contribution in [2.45, 2.75) is 0 Å². The third-order valence-corrected chi connectivity index (χ3v) is 6.80. The average molecular weight is 826 g/mol. The summed E-state index contributed by atoms with van der Waals surface area (Å²) < 4.78 is 23.4. The van der Waals surface area contributed by atoms with Gasteiger partial charge in [0.25, 0.3) is 0 Å². The minimum atomic E-state index is 0.148. The second kappa shape index (κ2) is 17.5. The summed E-state index contributed by atoms with van der Waals surface area (Å²) in [5.41, 5.74) is 7.12. The highest BCUT2D eigenvalue weighted by atomic mass is 127. The van der Waals surface area contributed by atoms with Crippen LogP contribution in [0.15, 0.2) is 55.1 Å². The fourth-order valence-corrected chi connectivity index (χ4v) is 4.32. The van der Waals surface area contributed by atoms with E-state index in [1.807, 2.05) is 36.4 Å². The molecule has 0 atom stereocenters. The quantitative estimate of drug-likeness (QED) is 0.105. The van der Waals surface area contributed by atoms with E-state index < -0.39 is 0 Å². The van der Waals surface area contributed by atoms with Gasteiger partial charge >= 0.3 is 0 Å². The monoisotopic (exact) mass is 825 g/mol. The fraction of sp³-hybridized carbons (Fsp3) is 0.231. The lowest BCUT2D eigenvalue weighted by molar-refractivity contribution is 0.146. The van der Waals surface area contributed by atoms with Crippen LogP contribution in [0.4, 0.5) is 29.0 Å². The van der Waals surface area contributed by atoms with Crippen LogP contribution in [-0.4, -0.2) is 60.6 Å². The summed E-state index contributed by atoms with van der Waals surface area (Å²) >= 11 is 16.5. The van der Waals surface area contributed by atoms with Crippen molar-refractivity contribution in [1.29, 1.82) is 0 Å². The molecule has 15 heteroatoms. The summed E-state index contributed by atoms with van der Waals surface area (Å²) in [6.45, 7) is 1.96. The Morgan fingerprint density at radius 1 is 0.756 bits per heavy atom. The van der Waals surface area contributed by atoms with Crippen LogP contribution in [0.5, 0.6) is 11.5 Å². The standard InChI is InChI=1S/C13H14ClIN4O2.C13H13ClIN3O2/c1-20-4-5-21-11-3-2-8(15)6-10(11)18-12-9(14)7-17-13(16)19-12;1-19-4-5-20-12-3-2-9(15)6-11(12)18-13-10(14)7-16-8-17-13/h2-3,6-7H,4-5H2,1H3,(H3,16,17,18,19);2-3,6-8H,4-5H2,1H3,(H,16,17,18). The van der Waals surface area contributed by atoms with E-state index in [-0.39, 0.29) is 5.95 Å². The Labute approximate surface area is 275 Å². The Hall–Kier alpha value is -2.44. The van der Waals surface area contributed by atoms with Crippen molar-refractivity contribution in [2.75, 3.05) is 57.0 Å². The van der Waals surface area contributed by atoms with Crippen LogP contribution >= 0.6 is 68.4 Å². The van der Waals surface area contributed by atoms with Crippen molar-refractivity contribution in [3.63, 3.8) is 0 Å². The molecule has 0 aliphatic rings. The summed E-state index contributed by atoms with van der Waals surface area (Å²) in [6.07, 6.45) is 4.43. The first-order chi connectivity index (χ1) is 19.8. The topological polar surface area (TPSA) is 139 Å². The largest absolute Gasteiger partial charge is 0.489 e. The van der Waals surface area contributed by atoms with E-state index in [4.69, 9.17) is 47.9 Å². The van der Waals surface area contributed by atoms with Gasteiger partial charge in [0.1, 0.15) is 41.1 Å². The number of halogens is 4. The minimum absolute atomic E-state index is 0.148. The third-order valence-electron chi connectivity index (χ3n) is 4.91. The predicted octanol–water partition coefficient (Wildman–Crippen LogP) is 6.59. The zero-order valence-electron chi connectivity index (χ0n) is 22.0. The molecule has 4 N–H and O–H groups in total. The number of methoxy groups -OCH3 is 2. The maximum atomic E-state index is 6.06. The molecule has 2 heterocycles. The van der Waals surface area contributed by atoms with Gasteiger partial charge in [-0.3, -0.25) is 0 Å². The first-order valence-electron chi connectivity index (χ1n) is 11.9. The van der Waals surface area contributed by atoms with Crippen molar-refractivity contribution in [3.8, 4) is 11.5 Å². The second-order valence-electron chi connectivity index (χ2n) is 7.86. The molecule has 2 aromatic carbocycles. The van der Waals surface area contributed by atoms with Gasteiger partial charge in [-0.2, -0.15) is 4.98 Å². The number of benzene rings is 2. The Morgan fingerprint density at radius 3 is 1.83 bits per heavy atom. The number of nitrogen functional groups attached to an aromatic ring is 1. The van der Waals surface area contributed by atoms with Crippen LogP contribution in [0.1, 0.15) is 0 Å². The van der Waals surface area contributed by atoms with E-state index in [1.54, 1.807) is 14.2 Å². The van der Waals surface area contributed by atoms with Crippen molar-refractivity contribution in [3.05, 3.63) is 72.3 Å². The molecular formula is C26H27Cl2I2N7O4. The first kappa shape index (κ1) is 33.1. The fourth-order valence-electron chi connectivity index (χ4n) is 3.05. The van der Waals surface area contributed by atoms with E-state index in [0.29, 0.717) is 53.9 Å². The molecule has 4 rings (SSSR count). The van der Waals surface area contributed by atoms with E-state index in [0.717, 1.165) is 24.3 Å². The van der Waals surface area contributed by atoms with Gasteiger partial charge in [-0.25, -0.2) is 15.0 Å². The molecule has 0 bridgehead atoms. The first-order valence-corrected chi connectivity index (χ1v) is 14.8. The van der Waals surface area contributed by atoms with Gasteiger partial charge in [-0.15, -0.1) is 0 Å². The molecule has 0 aliphatic heterocycles. The van der Waals surface area contributed by atoms with Crippen molar-refractivity contribution >= 4 is 97.3 Å². The Morgan fingerprint density at radius 2 is 1.29 bits per heavy atom. The zero-order chi connectivity index (χ0) is 29.6. The average Bonchev–Trinajstić information content (AvgIpc) is 2.95. The van der Waals surface area contributed by atoms with Crippen LogP contribution in [0.25, 0.3) is 0 Å². The Balaban J connectivity index is 0.000000226. The second-order valence-corrected chi connectivity index (χ2v) is 11.2. The SMILES string of the molecule is COCCOc1ccc(I)cc1Nc1nc(N)ncc1Cl.COCCOc1ccc(I)cc1Nc1ncncc1Cl. The summed E-state index contributed by atoms with van der Waals surface area (Å²) in [6, 6.07) is 11.6. The maximum Gasteiger partial charge on any atom is 0.222 e. The lowest BCUT2D eigenvalue weighted by Crippen LogP contribution is -2.07. The van der Waals surface area contributed by atoms with E-state index in [9.17, 15) is 0 Å². The third kappa shape index (κ3) is 11.1. The van der Waals surface area contributed by atoms with Crippen LogP contribution in [0, 0.1) is 7.14 Å². The predicted molar refractivity (Wildman–Crippen MR) is 178 cm³/mol. The highest BCUT2D eigenvalue weighted by Crippen LogP contribution is 2.32. The van der Waals surface area contributed by atoms with Gasteiger partial charge in [-0.1, -0.05) is 23.2 Å². The van der Waals surface area contributed by atoms with Crippen LogP contribution < -0.4 is 25.8 Å². The molecule has 0 spiro atoms. The van der Waals surface area contributed by atoms with Crippen LogP contribution in [0.2, 0.25) is 10.0 Å². The maximum absolute atomic E-state index is 6.06. The number of aromatic nitrogens is 4. The summed E-state index contributed by atoms with van der Waals surface area (Å²) in [7, 11) is 3.26. The molecule has 0 saturated carbocycles. The number of nitrogens with two attached hydrogens (primary N) is 1. The number of rotatable bonds is 12. The van der Waals surface area contributed by atoms with E-state index >= 15 is 0 Å². The molecule has 2 aromatic heterocycles. The molecule has 0 fully saturated rings. The normalized spacial score (nSPS) is 10.4. The number of nitrogens with one attached hydrogen (secondary N) is 2. The number of hydrogen-bond donors (Lipinski definition) is 3. The van der Waals surface area contributed by atoms with E-state index in [1.165, 1.54) is 18.7 Å². The number of anilines is 5. The van der Waals surface area contributed by atoms with Gasteiger partial charge in [0.05, 0.1) is 37.0 Å². The summed E-state index contributed by atoms with van der Waals surface area (Å²) in [4.78, 5) is 15.9. The van der Waals surface area contributed by atoms with Crippen molar-refractivity contribution in [1.82, 2.24) is 19.9 Å². The van der Waals surface area contributed by atoms with Gasteiger partial charge in [-0.05, 0) is 81.6 Å². The molecule has 0 radical (unpaired) electrons. The molecule has 4 aromatic rings. The molecule has 218 valence electrons. The molecular weight excluding hydrogens is 799 g/mol. The van der Waals surface area contributed by atoms with Gasteiger partial charge < -0.3 is 35.3 Å². The number of ether oxygens (including phenoxy) is 4. The van der Waals surface area contributed by atoms with Crippen molar-refractivity contribution in [2.24, 2.45) is 0 Å². The molecule has 0 unspecified atom stereocenters. The lowest BCUT2D eigenvalue weighted by Gasteiger charge is -2.14. The highest BCUT2D eigenvalue weighted by Gasteiger charge is 2.10. The molecule has 41 heavy (non-hydrogen) atoms. The summed E-state index contributed by atoms with van der Waals surface area (Å²) in [5.74, 6) is 2.52. The zero-order valence-corrected chi connectivity index (χ0v) is 27.9.